The van der Waals surface area contributed by atoms with Crippen molar-refractivity contribution < 1.29 is 19.4 Å². The number of carbonyl (C=O) groups is 1. The topological polar surface area (TPSA) is 72.8 Å². The molecule has 6 heteroatoms. The number of nitrogens with zero attached hydrogens (tertiary/aromatic N) is 1. The first-order valence-corrected chi connectivity index (χ1v) is 9.63. The number of benzene rings is 2. The second-order valence-corrected chi connectivity index (χ2v) is 7.44. The first kappa shape index (κ1) is 20.5. The summed E-state index contributed by atoms with van der Waals surface area (Å²) in [4.78, 5) is 14.2. The highest BCUT2D eigenvalue weighted by Crippen LogP contribution is 2.22. The van der Waals surface area contributed by atoms with Crippen molar-refractivity contribution >= 4 is 5.91 Å². The quantitative estimate of drug-likeness (QED) is 0.679. The zero-order chi connectivity index (χ0) is 20.0. The average Bonchev–Trinajstić information content (AvgIpc) is 2.71. The van der Waals surface area contributed by atoms with Gasteiger partial charge in [0.05, 0.1) is 12.6 Å². The maximum absolute atomic E-state index is 13.0. The Morgan fingerprint density at radius 1 is 1.14 bits per heavy atom. The highest BCUT2D eigenvalue weighted by molar-refractivity contribution is 5.76. The molecule has 2 atom stereocenters. The molecule has 0 aliphatic carbocycles. The van der Waals surface area contributed by atoms with Crippen molar-refractivity contribution in [3.8, 4) is 0 Å². The molecule has 28 heavy (non-hydrogen) atoms. The van der Waals surface area contributed by atoms with E-state index in [0.717, 1.165) is 11.1 Å². The maximum atomic E-state index is 13.0. The normalized spacial score (nSPS) is 22.2. The van der Waals surface area contributed by atoms with Crippen molar-refractivity contribution in [2.75, 3.05) is 19.6 Å². The van der Waals surface area contributed by atoms with E-state index in [2.05, 4.69) is 5.32 Å². The minimum Gasteiger partial charge on any atom is -0.390 e. The Balaban J connectivity index is 1.51. The molecule has 5 nitrogen and oxygen atoms in total. The largest absolute Gasteiger partial charge is 0.390 e. The number of hydrogen-bond acceptors (Lipinski definition) is 4. The van der Waals surface area contributed by atoms with Crippen LogP contribution in [0.2, 0.25) is 0 Å². The molecule has 150 valence electrons. The number of carbonyl (C=O) groups excluding carboxylic acids is 1. The number of likely N-dealkylation sites (tertiary alicyclic amines) is 1. The smallest absolute Gasteiger partial charge is 0.223 e. The fourth-order valence-electron chi connectivity index (χ4n) is 3.53. The van der Waals surface area contributed by atoms with E-state index < -0.39 is 11.7 Å². The van der Waals surface area contributed by atoms with Gasteiger partial charge in [-0.05, 0) is 36.1 Å². The predicted molar refractivity (Wildman–Crippen MR) is 105 cm³/mol. The van der Waals surface area contributed by atoms with Gasteiger partial charge in [-0.2, -0.15) is 0 Å². The molecule has 3 N–H and O–H groups in total. The zero-order valence-corrected chi connectivity index (χ0v) is 15.9. The predicted octanol–water partition coefficient (Wildman–Crippen LogP) is 1.87. The minimum atomic E-state index is -1.40. The number of hydrogen-bond donors (Lipinski definition) is 3. The van der Waals surface area contributed by atoms with Crippen molar-refractivity contribution in [3.63, 3.8) is 0 Å². The third-order valence-electron chi connectivity index (χ3n) is 5.25. The molecule has 2 aromatic carbocycles. The van der Waals surface area contributed by atoms with Crippen molar-refractivity contribution in [1.29, 1.82) is 0 Å². The van der Waals surface area contributed by atoms with Gasteiger partial charge in [-0.15, -0.1) is 0 Å². The number of rotatable bonds is 7. The Morgan fingerprint density at radius 3 is 2.57 bits per heavy atom. The van der Waals surface area contributed by atoms with Gasteiger partial charge < -0.3 is 20.4 Å². The molecule has 0 unspecified atom stereocenters. The minimum absolute atomic E-state index is 0.0206. The third kappa shape index (κ3) is 5.38. The Hall–Kier alpha value is -2.28. The zero-order valence-electron chi connectivity index (χ0n) is 15.9. The fourth-order valence-corrected chi connectivity index (χ4v) is 3.53. The van der Waals surface area contributed by atoms with Gasteiger partial charge in [-0.25, -0.2) is 4.39 Å². The van der Waals surface area contributed by atoms with Crippen LogP contribution in [-0.2, 0) is 17.8 Å². The molecule has 1 aliphatic rings. The van der Waals surface area contributed by atoms with Gasteiger partial charge in [0.25, 0.3) is 0 Å². The van der Waals surface area contributed by atoms with Crippen molar-refractivity contribution in [2.24, 2.45) is 0 Å². The van der Waals surface area contributed by atoms with Gasteiger partial charge >= 0.3 is 0 Å². The molecular weight excluding hydrogens is 359 g/mol. The number of halogens is 1. The number of nitrogens with one attached hydrogen (secondary N) is 1. The summed E-state index contributed by atoms with van der Waals surface area (Å²) in [5, 5.41) is 24.3. The molecule has 0 radical (unpaired) electrons. The lowest BCUT2D eigenvalue weighted by Crippen LogP contribution is -2.62. The van der Waals surface area contributed by atoms with Crippen LogP contribution < -0.4 is 5.32 Å². The molecule has 0 bridgehead atoms. The molecule has 1 heterocycles. The Labute approximate surface area is 164 Å². The van der Waals surface area contributed by atoms with Crippen molar-refractivity contribution in [2.45, 2.75) is 37.5 Å². The number of aryl methyl sites for hydroxylation is 1. The summed E-state index contributed by atoms with van der Waals surface area (Å²) >= 11 is 0. The van der Waals surface area contributed by atoms with E-state index in [-0.39, 0.29) is 24.8 Å². The van der Waals surface area contributed by atoms with Crippen LogP contribution in [0.5, 0.6) is 0 Å². The summed E-state index contributed by atoms with van der Waals surface area (Å²) in [5.74, 6) is -0.317. The highest BCUT2D eigenvalue weighted by atomic mass is 19.1. The van der Waals surface area contributed by atoms with Crippen LogP contribution in [0.3, 0.4) is 0 Å². The molecule has 0 spiro atoms. The van der Waals surface area contributed by atoms with Crippen LogP contribution in [0, 0.1) is 5.82 Å². The summed E-state index contributed by atoms with van der Waals surface area (Å²) < 4.78 is 13.0. The van der Waals surface area contributed by atoms with Gasteiger partial charge in [-0.3, -0.25) is 4.79 Å². The monoisotopic (exact) mass is 386 g/mol. The van der Waals surface area contributed by atoms with Gasteiger partial charge in [0.15, 0.2) is 0 Å². The molecule has 3 rings (SSSR count). The Bertz CT molecular complexity index is 769. The second kappa shape index (κ2) is 9.28. The van der Waals surface area contributed by atoms with Crippen LogP contribution in [0.25, 0.3) is 0 Å². The maximum Gasteiger partial charge on any atom is 0.223 e. The standard InChI is InChI=1S/C22H27FN2O3/c23-19-9-6-18(7-10-19)14-24-15-22(28)16-25(13-12-20(22)26)21(27)11-8-17-4-2-1-3-5-17/h1-7,9-10,20,24,26,28H,8,11-16H2/t20-,22+/m0/s1. The van der Waals surface area contributed by atoms with E-state index in [4.69, 9.17) is 0 Å². The molecule has 0 aromatic heterocycles. The number of β-amino-alcohol motifs (C(OH)–C–C–N with tert-alkyl or cyclic N) is 1. The van der Waals surface area contributed by atoms with Gasteiger partial charge in [-0.1, -0.05) is 42.5 Å². The fraction of sp³-hybridized carbons (Fsp3) is 0.409. The summed E-state index contributed by atoms with van der Waals surface area (Å²) in [6.07, 6.45) is 0.469. The van der Waals surface area contributed by atoms with Crippen molar-refractivity contribution in [1.82, 2.24) is 10.2 Å². The van der Waals surface area contributed by atoms with Gasteiger partial charge in [0.2, 0.25) is 5.91 Å². The van der Waals surface area contributed by atoms with E-state index in [1.807, 2.05) is 30.3 Å². The SMILES string of the molecule is O=C(CCc1ccccc1)N1CC[C@H](O)[C@@](O)(CNCc2ccc(F)cc2)C1. The third-order valence-corrected chi connectivity index (χ3v) is 5.25. The Kier molecular flexibility index (Phi) is 6.78. The van der Waals surface area contributed by atoms with Gasteiger partial charge in [0.1, 0.15) is 11.4 Å². The first-order chi connectivity index (χ1) is 13.5. The van der Waals surface area contributed by atoms with E-state index in [0.29, 0.717) is 32.4 Å². The molecule has 0 saturated carbocycles. The number of aliphatic hydroxyl groups is 2. The summed E-state index contributed by atoms with van der Waals surface area (Å²) in [7, 11) is 0. The second-order valence-electron chi connectivity index (χ2n) is 7.44. The number of aliphatic hydroxyl groups excluding tert-OH is 1. The lowest BCUT2D eigenvalue weighted by Gasteiger charge is -2.43. The van der Waals surface area contributed by atoms with E-state index in [1.165, 1.54) is 12.1 Å². The van der Waals surface area contributed by atoms with Crippen LogP contribution in [-0.4, -0.2) is 52.4 Å². The van der Waals surface area contributed by atoms with Crippen LogP contribution in [0.1, 0.15) is 24.0 Å². The van der Waals surface area contributed by atoms with Crippen LogP contribution >= 0.6 is 0 Å². The molecule has 1 fully saturated rings. The molecular formula is C22H27FN2O3. The first-order valence-electron chi connectivity index (χ1n) is 9.63. The van der Waals surface area contributed by atoms with Crippen LogP contribution in [0.15, 0.2) is 54.6 Å². The summed E-state index contributed by atoms with van der Waals surface area (Å²) in [6.45, 7) is 1.12. The van der Waals surface area contributed by atoms with Crippen molar-refractivity contribution in [3.05, 3.63) is 71.5 Å². The molecule has 1 amide bonds. The lowest BCUT2D eigenvalue weighted by atomic mass is 9.89. The molecule has 2 aromatic rings. The van der Waals surface area contributed by atoms with E-state index in [1.54, 1.807) is 17.0 Å². The molecule has 1 aliphatic heterocycles. The summed E-state index contributed by atoms with van der Waals surface area (Å²) in [5.41, 5.74) is 0.580. The highest BCUT2D eigenvalue weighted by Gasteiger charge is 2.42. The average molecular weight is 386 g/mol. The summed E-state index contributed by atoms with van der Waals surface area (Å²) in [6, 6.07) is 15.9. The van der Waals surface area contributed by atoms with E-state index >= 15 is 0 Å². The van der Waals surface area contributed by atoms with Crippen LogP contribution in [0.4, 0.5) is 4.39 Å². The van der Waals surface area contributed by atoms with E-state index in [9.17, 15) is 19.4 Å². The Morgan fingerprint density at radius 2 is 1.86 bits per heavy atom. The molecule has 1 saturated heterocycles. The van der Waals surface area contributed by atoms with Gasteiger partial charge in [0, 0.05) is 26.1 Å². The lowest BCUT2D eigenvalue weighted by molar-refractivity contribution is -0.151. The number of piperidine rings is 1. The number of amides is 1.